The summed E-state index contributed by atoms with van der Waals surface area (Å²) in [7, 11) is 0. The summed E-state index contributed by atoms with van der Waals surface area (Å²) in [6, 6.07) is 83.3. The summed E-state index contributed by atoms with van der Waals surface area (Å²) in [6.45, 7) is 0. The van der Waals surface area contributed by atoms with Gasteiger partial charge in [0.05, 0.1) is 27.8 Å². The van der Waals surface area contributed by atoms with Crippen LogP contribution in [0.15, 0.2) is 241 Å². The minimum atomic E-state index is 0.605. The lowest BCUT2D eigenvalue weighted by atomic mass is 9.96. The summed E-state index contributed by atoms with van der Waals surface area (Å²) in [5, 5.41) is 7.06. The Bertz CT molecular complexity index is 4210. The molecule has 6 heteroatoms. The molecule has 0 radical (unpaired) electrons. The van der Waals surface area contributed by atoms with Gasteiger partial charge >= 0.3 is 0 Å². The molecular weight excluding hydrogens is 843 g/mol. The van der Waals surface area contributed by atoms with Crippen molar-refractivity contribution in [1.82, 2.24) is 24.1 Å². The van der Waals surface area contributed by atoms with E-state index >= 15 is 0 Å². The third-order valence-corrected chi connectivity index (χ3v) is 13.6. The lowest BCUT2D eigenvalue weighted by Crippen LogP contribution is -2.01. The van der Waals surface area contributed by atoms with Gasteiger partial charge in [0.25, 0.3) is 0 Å². The fourth-order valence-corrected chi connectivity index (χ4v) is 10.4. The Kier molecular flexibility index (Phi) is 8.79. The van der Waals surface area contributed by atoms with Gasteiger partial charge in [0.15, 0.2) is 17.5 Å². The van der Waals surface area contributed by atoms with Crippen LogP contribution in [0.2, 0.25) is 0 Å². The van der Waals surface area contributed by atoms with Gasteiger partial charge < -0.3 is 13.6 Å². The van der Waals surface area contributed by atoms with Crippen molar-refractivity contribution in [1.29, 1.82) is 0 Å². The molecule has 4 heterocycles. The van der Waals surface area contributed by atoms with Crippen molar-refractivity contribution in [2.24, 2.45) is 0 Å². The first-order valence-electron chi connectivity index (χ1n) is 23.3. The van der Waals surface area contributed by atoms with E-state index in [0.717, 1.165) is 94.3 Å². The molecule has 0 aliphatic heterocycles. The van der Waals surface area contributed by atoms with Crippen LogP contribution in [0.4, 0.5) is 0 Å². The summed E-state index contributed by atoms with van der Waals surface area (Å²) >= 11 is 0. The summed E-state index contributed by atoms with van der Waals surface area (Å²) in [6.07, 6.45) is 0. The predicted octanol–water partition coefficient (Wildman–Crippen LogP) is 16.3. The van der Waals surface area contributed by atoms with Crippen LogP contribution < -0.4 is 0 Å². The van der Waals surface area contributed by atoms with Gasteiger partial charge in [0.1, 0.15) is 11.2 Å². The zero-order chi connectivity index (χ0) is 45.4. The normalized spacial score (nSPS) is 11.8. The molecule has 0 unspecified atom stereocenters. The molecule has 0 N–H and O–H groups in total. The molecule has 0 aliphatic rings. The summed E-state index contributed by atoms with van der Waals surface area (Å²) in [5.74, 6) is 1.83. The Balaban J connectivity index is 0.904. The second-order valence-electron chi connectivity index (χ2n) is 17.6. The van der Waals surface area contributed by atoms with Gasteiger partial charge in [-0.05, 0) is 59.7 Å². The molecule has 0 saturated heterocycles. The molecule has 322 valence electrons. The van der Waals surface area contributed by atoms with Crippen LogP contribution >= 0.6 is 0 Å². The quantitative estimate of drug-likeness (QED) is 0.160. The number of furan rings is 1. The van der Waals surface area contributed by atoms with Gasteiger partial charge in [-0.2, -0.15) is 0 Å². The summed E-state index contributed by atoms with van der Waals surface area (Å²) in [4.78, 5) is 15.4. The van der Waals surface area contributed by atoms with Crippen molar-refractivity contribution in [3.05, 3.63) is 237 Å². The standard InChI is InChI=1S/C63H39N5O/c1-2-16-41(17-3-1)61-64-62(66-63(65-61)44-18-14-19-45(38-44)67-54-27-9-4-20-46(54)47-21-5-10-28-55(47)67)42-34-32-40(33-35-42)43-36-37-50(52-25-15-26-53-51-24-8-13-31-59(51)69-60(52)53)58(39-43)68-56-29-11-6-22-48(56)49-23-7-12-30-57(49)68/h1-39H. The number of benzene rings is 10. The van der Waals surface area contributed by atoms with E-state index in [0.29, 0.717) is 17.5 Å². The predicted molar refractivity (Wildman–Crippen MR) is 283 cm³/mol. The molecule has 14 aromatic rings. The zero-order valence-electron chi connectivity index (χ0n) is 37.2. The fourth-order valence-electron chi connectivity index (χ4n) is 10.4. The van der Waals surface area contributed by atoms with Crippen molar-refractivity contribution >= 4 is 65.6 Å². The molecule has 0 aliphatic carbocycles. The number of hydrogen-bond donors (Lipinski definition) is 0. The van der Waals surface area contributed by atoms with E-state index in [4.69, 9.17) is 19.4 Å². The van der Waals surface area contributed by atoms with Crippen LogP contribution in [0.1, 0.15) is 0 Å². The van der Waals surface area contributed by atoms with Crippen molar-refractivity contribution in [3.8, 4) is 67.8 Å². The first-order valence-corrected chi connectivity index (χ1v) is 23.3. The van der Waals surface area contributed by atoms with E-state index < -0.39 is 0 Å². The van der Waals surface area contributed by atoms with E-state index in [1.54, 1.807) is 0 Å². The highest BCUT2D eigenvalue weighted by Gasteiger charge is 2.21. The molecule has 0 saturated carbocycles. The highest BCUT2D eigenvalue weighted by atomic mass is 16.3. The first kappa shape index (κ1) is 38.8. The van der Waals surface area contributed by atoms with E-state index in [1.165, 1.54) is 21.5 Å². The van der Waals surface area contributed by atoms with Gasteiger partial charge in [-0.3, -0.25) is 0 Å². The lowest BCUT2D eigenvalue weighted by Gasteiger charge is -2.17. The maximum Gasteiger partial charge on any atom is 0.164 e. The van der Waals surface area contributed by atoms with Crippen molar-refractivity contribution in [2.45, 2.75) is 0 Å². The van der Waals surface area contributed by atoms with Crippen LogP contribution in [0.3, 0.4) is 0 Å². The van der Waals surface area contributed by atoms with Gasteiger partial charge in [0, 0.05) is 65.8 Å². The Labute approximate surface area is 396 Å². The van der Waals surface area contributed by atoms with Crippen LogP contribution in [-0.2, 0) is 0 Å². The molecule has 14 rings (SSSR count). The number of para-hydroxylation sites is 6. The Morgan fingerprint density at radius 2 is 0.754 bits per heavy atom. The van der Waals surface area contributed by atoms with Crippen molar-refractivity contribution in [3.63, 3.8) is 0 Å². The number of nitrogens with zero attached hydrogens (tertiary/aromatic N) is 5. The van der Waals surface area contributed by atoms with Crippen LogP contribution in [0, 0.1) is 0 Å². The monoisotopic (exact) mass is 881 g/mol. The van der Waals surface area contributed by atoms with Crippen LogP contribution in [0.25, 0.3) is 133 Å². The molecule has 4 aromatic heterocycles. The number of rotatable bonds is 7. The largest absolute Gasteiger partial charge is 0.455 e. The molecule has 6 nitrogen and oxygen atoms in total. The van der Waals surface area contributed by atoms with E-state index in [2.05, 4.69) is 203 Å². The van der Waals surface area contributed by atoms with Crippen molar-refractivity contribution < 1.29 is 4.42 Å². The minimum Gasteiger partial charge on any atom is -0.455 e. The average Bonchev–Trinajstić information content (AvgIpc) is 4.09. The third kappa shape index (κ3) is 6.30. The molecule has 0 bridgehead atoms. The number of aromatic nitrogens is 5. The lowest BCUT2D eigenvalue weighted by molar-refractivity contribution is 0.670. The Hall–Kier alpha value is -9.39. The maximum absolute atomic E-state index is 6.66. The average molecular weight is 882 g/mol. The Morgan fingerprint density at radius 3 is 1.39 bits per heavy atom. The third-order valence-electron chi connectivity index (χ3n) is 13.6. The molecule has 0 amide bonds. The minimum absolute atomic E-state index is 0.605. The Morgan fingerprint density at radius 1 is 0.290 bits per heavy atom. The fraction of sp³-hybridized carbons (Fsp3) is 0. The maximum atomic E-state index is 6.66. The van der Waals surface area contributed by atoms with Gasteiger partial charge in [-0.15, -0.1) is 0 Å². The van der Waals surface area contributed by atoms with Crippen LogP contribution in [0.5, 0.6) is 0 Å². The van der Waals surface area contributed by atoms with E-state index in [9.17, 15) is 0 Å². The van der Waals surface area contributed by atoms with Crippen LogP contribution in [-0.4, -0.2) is 24.1 Å². The van der Waals surface area contributed by atoms with Crippen molar-refractivity contribution in [2.75, 3.05) is 0 Å². The van der Waals surface area contributed by atoms with Gasteiger partial charge in [-0.25, -0.2) is 15.0 Å². The van der Waals surface area contributed by atoms with E-state index in [1.807, 2.05) is 42.5 Å². The first-order chi connectivity index (χ1) is 34.2. The highest BCUT2D eigenvalue weighted by Crippen LogP contribution is 2.43. The summed E-state index contributed by atoms with van der Waals surface area (Å²) < 4.78 is 11.4. The van der Waals surface area contributed by atoms with Gasteiger partial charge in [0.2, 0.25) is 0 Å². The number of hydrogen-bond acceptors (Lipinski definition) is 4. The summed E-state index contributed by atoms with van der Waals surface area (Å²) in [5.41, 5.74) is 15.5. The molecule has 0 fully saturated rings. The second-order valence-corrected chi connectivity index (χ2v) is 17.6. The van der Waals surface area contributed by atoms with Gasteiger partial charge in [-0.1, -0.05) is 188 Å². The SMILES string of the molecule is c1ccc(-c2nc(-c3ccc(-c4ccc(-c5cccc6c5oc5ccccc56)c(-n5c6ccccc6c6ccccc65)c4)cc3)nc(-c3cccc(-n4c5ccccc5c5ccccc54)c3)n2)cc1. The van der Waals surface area contributed by atoms with E-state index in [-0.39, 0.29) is 0 Å². The molecule has 69 heavy (non-hydrogen) atoms. The smallest absolute Gasteiger partial charge is 0.164 e. The number of fused-ring (bicyclic) bond motifs is 9. The topological polar surface area (TPSA) is 61.7 Å². The second kappa shape index (κ2) is 15.6. The molecule has 10 aromatic carbocycles. The molecular formula is C63H39N5O. The zero-order valence-corrected chi connectivity index (χ0v) is 37.2. The molecule has 0 spiro atoms. The highest BCUT2D eigenvalue weighted by molar-refractivity contribution is 6.13. The molecule has 0 atom stereocenters.